The lowest BCUT2D eigenvalue weighted by Crippen LogP contribution is -2.46. The molecule has 0 spiro atoms. The summed E-state index contributed by atoms with van der Waals surface area (Å²) in [5.74, 6) is 0.215. The average molecular weight is 256 g/mol. The molecule has 0 saturated carbocycles. The highest BCUT2D eigenvalue weighted by atomic mass is 16.5. The number of methoxy groups -OCH3 is 1. The Kier molecular flexibility index (Phi) is 4.59. The van der Waals surface area contributed by atoms with Gasteiger partial charge in [-0.25, -0.2) is 0 Å². The van der Waals surface area contributed by atoms with Gasteiger partial charge in [0.05, 0.1) is 25.9 Å². The average Bonchev–Trinajstić information content (AvgIpc) is 2.98. The van der Waals surface area contributed by atoms with Crippen LogP contribution in [0.15, 0.2) is 0 Å². The fourth-order valence-corrected chi connectivity index (χ4v) is 2.66. The Morgan fingerprint density at radius 3 is 3.06 bits per heavy atom. The molecule has 0 aromatic heterocycles. The Morgan fingerprint density at radius 2 is 2.44 bits per heavy atom. The Morgan fingerprint density at radius 1 is 1.61 bits per heavy atom. The second-order valence-corrected chi connectivity index (χ2v) is 5.28. The molecule has 5 nitrogen and oxygen atoms in total. The van der Waals surface area contributed by atoms with Crippen LogP contribution in [0.1, 0.15) is 32.6 Å². The third-order valence-electron chi connectivity index (χ3n) is 3.96. The molecule has 0 aliphatic carbocycles. The van der Waals surface area contributed by atoms with Gasteiger partial charge in [0.15, 0.2) is 0 Å². The van der Waals surface area contributed by atoms with Crippen LogP contribution in [0.2, 0.25) is 0 Å². The van der Waals surface area contributed by atoms with Crippen molar-refractivity contribution in [2.45, 2.75) is 44.2 Å². The van der Waals surface area contributed by atoms with Gasteiger partial charge in [-0.2, -0.15) is 0 Å². The molecule has 1 amide bonds. The molecule has 0 radical (unpaired) electrons. The van der Waals surface area contributed by atoms with Crippen LogP contribution in [-0.4, -0.2) is 56.0 Å². The molecule has 2 aliphatic rings. The van der Waals surface area contributed by atoms with Crippen LogP contribution in [0.3, 0.4) is 0 Å². The molecule has 0 aromatic carbocycles. The quantitative estimate of drug-likeness (QED) is 0.761. The van der Waals surface area contributed by atoms with Gasteiger partial charge in [0.25, 0.3) is 0 Å². The number of ether oxygens (including phenoxy) is 2. The number of nitrogens with one attached hydrogen (secondary N) is 1. The second kappa shape index (κ2) is 5.99. The van der Waals surface area contributed by atoms with E-state index in [2.05, 4.69) is 12.2 Å². The van der Waals surface area contributed by atoms with E-state index in [4.69, 9.17) is 9.47 Å². The molecule has 1 N–H and O–H groups in total. The van der Waals surface area contributed by atoms with Crippen LogP contribution in [0.25, 0.3) is 0 Å². The lowest BCUT2D eigenvalue weighted by atomic mass is 10.0. The maximum atomic E-state index is 12.2. The van der Waals surface area contributed by atoms with Gasteiger partial charge in [-0.3, -0.25) is 10.1 Å². The summed E-state index contributed by atoms with van der Waals surface area (Å²) < 4.78 is 11.0. The maximum absolute atomic E-state index is 12.2. The van der Waals surface area contributed by atoms with E-state index in [1.165, 1.54) is 0 Å². The molecule has 2 heterocycles. The minimum Gasteiger partial charge on any atom is -0.378 e. The van der Waals surface area contributed by atoms with E-state index in [-0.39, 0.29) is 17.6 Å². The van der Waals surface area contributed by atoms with Crippen LogP contribution in [-0.2, 0) is 14.3 Å². The van der Waals surface area contributed by atoms with E-state index >= 15 is 0 Å². The van der Waals surface area contributed by atoms with Gasteiger partial charge in [-0.15, -0.1) is 0 Å². The van der Waals surface area contributed by atoms with Crippen molar-refractivity contribution in [3.8, 4) is 0 Å². The fraction of sp³-hybridized carbons (Fsp3) is 0.923. The number of unbranched alkanes of at least 4 members (excludes halogenated alkanes) is 1. The van der Waals surface area contributed by atoms with Crippen LogP contribution in [0.4, 0.5) is 0 Å². The summed E-state index contributed by atoms with van der Waals surface area (Å²) in [7, 11) is 1.71. The van der Waals surface area contributed by atoms with Gasteiger partial charge in [0.1, 0.15) is 5.60 Å². The fourth-order valence-electron chi connectivity index (χ4n) is 2.66. The topological polar surface area (TPSA) is 50.8 Å². The predicted molar refractivity (Wildman–Crippen MR) is 68.2 cm³/mol. The highest BCUT2D eigenvalue weighted by molar-refractivity contribution is 5.83. The van der Waals surface area contributed by atoms with Gasteiger partial charge in [-0.1, -0.05) is 19.8 Å². The summed E-state index contributed by atoms with van der Waals surface area (Å²) in [6.45, 7) is 4.73. The van der Waals surface area contributed by atoms with Crippen molar-refractivity contribution in [1.29, 1.82) is 0 Å². The number of carbonyl (C=O) groups excluding carboxylic acids is 1. The van der Waals surface area contributed by atoms with E-state index in [1.54, 1.807) is 7.11 Å². The molecule has 18 heavy (non-hydrogen) atoms. The van der Waals surface area contributed by atoms with Crippen LogP contribution < -0.4 is 5.32 Å². The summed E-state index contributed by atoms with van der Waals surface area (Å²) in [6, 6.07) is 0.00109. The number of nitrogens with zero attached hydrogens (tertiary/aromatic N) is 1. The number of carbonyl (C=O) groups is 1. The Balaban J connectivity index is 1.88. The van der Waals surface area contributed by atoms with Gasteiger partial charge in [0.2, 0.25) is 5.91 Å². The van der Waals surface area contributed by atoms with Gasteiger partial charge in [0, 0.05) is 20.1 Å². The number of hydrogen-bond donors (Lipinski definition) is 1. The third kappa shape index (κ3) is 2.84. The van der Waals surface area contributed by atoms with Gasteiger partial charge in [-0.05, 0) is 6.42 Å². The molecule has 2 fully saturated rings. The smallest absolute Gasteiger partial charge is 0.240 e. The first-order chi connectivity index (χ1) is 8.71. The second-order valence-electron chi connectivity index (χ2n) is 5.28. The third-order valence-corrected chi connectivity index (χ3v) is 3.96. The first-order valence-corrected chi connectivity index (χ1v) is 6.86. The van der Waals surface area contributed by atoms with Crippen molar-refractivity contribution in [2.75, 3.05) is 33.5 Å². The Labute approximate surface area is 109 Å². The summed E-state index contributed by atoms with van der Waals surface area (Å²) >= 11 is 0. The van der Waals surface area contributed by atoms with E-state index in [9.17, 15) is 4.79 Å². The van der Waals surface area contributed by atoms with Gasteiger partial charge >= 0.3 is 0 Å². The largest absolute Gasteiger partial charge is 0.378 e. The van der Waals surface area contributed by atoms with E-state index in [1.807, 2.05) is 4.90 Å². The highest BCUT2D eigenvalue weighted by Crippen LogP contribution is 2.25. The zero-order valence-corrected chi connectivity index (χ0v) is 11.4. The van der Waals surface area contributed by atoms with E-state index in [0.29, 0.717) is 19.8 Å². The minimum atomic E-state index is -0.295. The van der Waals surface area contributed by atoms with Gasteiger partial charge < -0.3 is 14.4 Å². The zero-order valence-electron chi connectivity index (χ0n) is 11.4. The van der Waals surface area contributed by atoms with Crippen LogP contribution >= 0.6 is 0 Å². The van der Waals surface area contributed by atoms with Crippen molar-refractivity contribution >= 4 is 5.91 Å². The summed E-state index contributed by atoms with van der Waals surface area (Å²) in [5.41, 5.74) is -0.295. The lowest BCUT2D eigenvalue weighted by Gasteiger charge is -2.30. The number of hydrogen-bond acceptors (Lipinski definition) is 4. The zero-order chi connectivity index (χ0) is 13.0. The number of rotatable bonds is 6. The summed E-state index contributed by atoms with van der Waals surface area (Å²) in [6.07, 6.45) is 4.02. The highest BCUT2D eigenvalue weighted by Gasteiger charge is 2.41. The van der Waals surface area contributed by atoms with Crippen LogP contribution in [0, 0.1) is 0 Å². The summed E-state index contributed by atoms with van der Waals surface area (Å²) in [4.78, 5) is 14.1. The molecule has 2 atom stereocenters. The molecule has 2 unspecified atom stereocenters. The first kappa shape index (κ1) is 13.8. The maximum Gasteiger partial charge on any atom is 0.240 e. The van der Waals surface area contributed by atoms with Crippen molar-refractivity contribution in [3.05, 3.63) is 0 Å². The standard InChI is InChI=1S/C13H24N2O3/c1-3-4-5-11-12(16)15(10-14-11)8-13(17-2)6-7-18-9-13/h11,14H,3-10H2,1-2H3. The molecule has 104 valence electrons. The molecule has 2 rings (SSSR count). The Hall–Kier alpha value is -0.650. The molecular formula is C13H24N2O3. The first-order valence-electron chi connectivity index (χ1n) is 6.86. The van der Waals surface area contributed by atoms with Crippen molar-refractivity contribution in [3.63, 3.8) is 0 Å². The molecule has 2 aliphatic heterocycles. The monoisotopic (exact) mass is 256 g/mol. The van der Waals surface area contributed by atoms with Crippen molar-refractivity contribution < 1.29 is 14.3 Å². The molecule has 0 aromatic rings. The molecule has 0 bridgehead atoms. The molecule has 2 saturated heterocycles. The van der Waals surface area contributed by atoms with Crippen molar-refractivity contribution in [1.82, 2.24) is 10.2 Å². The van der Waals surface area contributed by atoms with E-state index in [0.717, 1.165) is 32.3 Å². The van der Waals surface area contributed by atoms with Crippen LogP contribution in [0.5, 0.6) is 0 Å². The van der Waals surface area contributed by atoms with Crippen molar-refractivity contribution in [2.24, 2.45) is 0 Å². The number of amides is 1. The molecule has 5 heteroatoms. The molecular weight excluding hydrogens is 232 g/mol. The normalized spacial score (nSPS) is 32.4. The predicted octanol–water partition coefficient (Wildman–Crippen LogP) is 0.740. The lowest BCUT2D eigenvalue weighted by molar-refractivity contribution is -0.133. The minimum absolute atomic E-state index is 0.00109. The van der Waals surface area contributed by atoms with E-state index < -0.39 is 0 Å². The Bertz CT molecular complexity index is 290. The SMILES string of the molecule is CCCCC1NCN(CC2(OC)CCOC2)C1=O. The summed E-state index contributed by atoms with van der Waals surface area (Å²) in [5, 5.41) is 3.29.